The van der Waals surface area contributed by atoms with E-state index in [1.54, 1.807) is 19.2 Å². The minimum Gasteiger partial charge on any atom is -0.481 e. The Morgan fingerprint density at radius 3 is 2.42 bits per heavy atom. The number of carbonyl (C=O) groups is 2. The highest BCUT2D eigenvalue weighted by Crippen LogP contribution is 2.13. The number of rotatable bonds is 7. The molecule has 0 aliphatic carbocycles. The fraction of sp³-hybridized carbons (Fsp3) is 0.429. The lowest BCUT2D eigenvalue weighted by molar-refractivity contribution is -0.137. The van der Waals surface area contributed by atoms with E-state index >= 15 is 0 Å². The smallest absolute Gasteiger partial charge is 0.305 e. The van der Waals surface area contributed by atoms with Crippen LogP contribution in [-0.2, 0) is 10.5 Å². The number of nitrogens with zero attached hydrogens (tertiary/aromatic N) is 1. The number of aliphatic carboxylic acids is 1. The summed E-state index contributed by atoms with van der Waals surface area (Å²) >= 11 is 1.83. The Balaban J connectivity index is 2.59. The Hall–Kier alpha value is -1.49. The van der Waals surface area contributed by atoms with Crippen LogP contribution in [0.25, 0.3) is 0 Å². The normalized spacial score (nSPS) is 10.2. The maximum Gasteiger partial charge on any atom is 0.305 e. The summed E-state index contributed by atoms with van der Waals surface area (Å²) in [6.45, 7) is 2.33. The van der Waals surface area contributed by atoms with Gasteiger partial charge in [0.25, 0.3) is 5.91 Å². The second-order valence-corrected chi connectivity index (χ2v) is 5.48. The van der Waals surface area contributed by atoms with Crippen LogP contribution in [0.15, 0.2) is 24.3 Å². The Kier molecular flexibility index (Phi) is 6.42. The van der Waals surface area contributed by atoms with E-state index in [4.69, 9.17) is 5.11 Å². The molecule has 0 heterocycles. The van der Waals surface area contributed by atoms with Crippen LogP contribution in [0.3, 0.4) is 0 Å². The van der Waals surface area contributed by atoms with Crippen molar-refractivity contribution in [2.75, 3.05) is 19.3 Å². The van der Waals surface area contributed by atoms with Gasteiger partial charge >= 0.3 is 5.97 Å². The third kappa shape index (κ3) is 5.34. The lowest BCUT2D eigenvalue weighted by Gasteiger charge is -2.16. The van der Waals surface area contributed by atoms with Crippen LogP contribution in [0.2, 0.25) is 0 Å². The van der Waals surface area contributed by atoms with Crippen molar-refractivity contribution in [1.82, 2.24) is 4.90 Å². The molecule has 4 nitrogen and oxygen atoms in total. The molecule has 0 spiro atoms. The third-order valence-electron chi connectivity index (χ3n) is 2.68. The second-order valence-electron chi connectivity index (χ2n) is 4.20. The predicted octanol–water partition coefficient (Wildman–Crippen LogP) is 2.49. The van der Waals surface area contributed by atoms with E-state index in [1.807, 2.05) is 23.9 Å². The summed E-state index contributed by atoms with van der Waals surface area (Å²) in [6.07, 6.45) is -0.0343. The number of hydrogen-bond donors (Lipinski definition) is 1. The Morgan fingerprint density at radius 2 is 1.89 bits per heavy atom. The van der Waals surface area contributed by atoms with Crippen LogP contribution in [0.5, 0.6) is 0 Å². The summed E-state index contributed by atoms with van der Waals surface area (Å²) in [6, 6.07) is 7.48. The zero-order chi connectivity index (χ0) is 14.3. The fourth-order valence-electron chi connectivity index (χ4n) is 1.55. The number of amides is 1. The van der Waals surface area contributed by atoms with Gasteiger partial charge in [-0.2, -0.15) is 11.8 Å². The zero-order valence-corrected chi connectivity index (χ0v) is 12.1. The molecular weight excluding hydrogens is 262 g/mol. The van der Waals surface area contributed by atoms with Gasteiger partial charge in [-0.1, -0.05) is 19.1 Å². The van der Waals surface area contributed by atoms with Gasteiger partial charge in [-0.05, 0) is 23.4 Å². The van der Waals surface area contributed by atoms with Gasteiger partial charge in [0, 0.05) is 24.9 Å². The maximum atomic E-state index is 12.0. The molecule has 0 saturated carbocycles. The highest BCUT2D eigenvalue weighted by molar-refractivity contribution is 7.98. The molecule has 1 rings (SSSR count). The molecule has 19 heavy (non-hydrogen) atoms. The molecule has 0 aromatic heterocycles. The lowest BCUT2D eigenvalue weighted by Crippen LogP contribution is -2.28. The number of carbonyl (C=O) groups excluding carboxylic acids is 1. The summed E-state index contributed by atoms with van der Waals surface area (Å²) in [5, 5.41) is 8.59. The minimum atomic E-state index is -0.897. The third-order valence-corrected chi connectivity index (χ3v) is 3.63. The van der Waals surface area contributed by atoms with Gasteiger partial charge in [0.05, 0.1) is 6.42 Å². The number of carboxylic acids is 1. The van der Waals surface area contributed by atoms with E-state index in [1.165, 1.54) is 10.5 Å². The molecule has 1 N–H and O–H groups in total. The van der Waals surface area contributed by atoms with Gasteiger partial charge in [-0.15, -0.1) is 0 Å². The molecule has 1 amide bonds. The van der Waals surface area contributed by atoms with E-state index in [9.17, 15) is 9.59 Å². The molecule has 104 valence electrons. The minimum absolute atomic E-state index is 0.0343. The standard InChI is InChI=1S/C14H19NO3S/c1-3-19-10-11-4-6-12(7-5-11)14(18)15(2)9-8-13(16)17/h4-7H,3,8-10H2,1-2H3,(H,16,17). The predicted molar refractivity (Wildman–Crippen MR) is 77.5 cm³/mol. The first-order valence-corrected chi connectivity index (χ1v) is 7.34. The van der Waals surface area contributed by atoms with E-state index in [0.29, 0.717) is 5.56 Å². The number of thioether (sulfide) groups is 1. The van der Waals surface area contributed by atoms with E-state index in [2.05, 4.69) is 6.92 Å². The zero-order valence-electron chi connectivity index (χ0n) is 11.3. The fourth-order valence-corrected chi connectivity index (χ4v) is 2.18. The second kappa shape index (κ2) is 7.84. The van der Waals surface area contributed by atoms with Crippen LogP contribution in [0, 0.1) is 0 Å². The molecule has 0 bridgehead atoms. The van der Waals surface area contributed by atoms with Gasteiger partial charge in [-0.25, -0.2) is 0 Å². The quantitative estimate of drug-likeness (QED) is 0.834. The van der Waals surface area contributed by atoms with Crippen molar-refractivity contribution in [1.29, 1.82) is 0 Å². The first kappa shape index (κ1) is 15.6. The van der Waals surface area contributed by atoms with Gasteiger partial charge in [0.15, 0.2) is 0 Å². The van der Waals surface area contributed by atoms with Crippen molar-refractivity contribution >= 4 is 23.6 Å². The average molecular weight is 281 g/mol. The van der Waals surface area contributed by atoms with Crippen LogP contribution in [0.1, 0.15) is 29.3 Å². The summed E-state index contributed by atoms with van der Waals surface area (Å²) in [5.41, 5.74) is 1.79. The van der Waals surface area contributed by atoms with Crippen molar-refractivity contribution in [3.63, 3.8) is 0 Å². The van der Waals surface area contributed by atoms with Gasteiger partial charge in [-0.3, -0.25) is 9.59 Å². The Morgan fingerprint density at radius 1 is 1.26 bits per heavy atom. The monoisotopic (exact) mass is 281 g/mol. The molecule has 0 fully saturated rings. The van der Waals surface area contributed by atoms with Gasteiger partial charge < -0.3 is 10.0 Å². The SMILES string of the molecule is CCSCc1ccc(C(=O)N(C)CCC(=O)O)cc1. The van der Waals surface area contributed by atoms with Crippen LogP contribution < -0.4 is 0 Å². The lowest BCUT2D eigenvalue weighted by atomic mass is 10.1. The van der Waals surface area contributed by atoms with Crippen LogP contribution >= 0.6 is 11.8 Å². The highest BCUT2D eigenvalue weighted by Gasteiger charge is 2.12. The number of carboxylic acid groups (broad SMARTS) is 1. The number of benzene rings is 1. The average Bonchev–Trinajstić information content (AvgIpc) is 2.42. The molecule has 0 saturated heterocycles. The van der Waals surface area contributed by atoms with Crippen molar-refractivity contribution in [3.8, 4) is 0 Å². The van der Waals surface area contributed by atoms with Crippen molar-refractivity contribution in [2.45, 2.75) is 19.1 Å². The van der Waals surface area contributed by atoms with Crippen LogP contribution in [-0.4, -0.2) is 41.2 Å². The molecular formula is C14H19NO3S. The molecule has 0 unspecified atom stereocenters. The van der Waals surface area contributed by atoms with Gasteiger partial charge in [0.1, 0.15) is 0 Å². The molecule has 1 aromatic carbocycles. The highest BCUT2D eigenvalue weighted by atomic mass is 32.2. The van der Waals surface area contributed by atoms with Crippen molar-refractivity contribution < 1.29 is 14.7 Å². The summed E-state index contributed by atoms with van der Waals surface area (Å²) in [7, 11) is 1.62. The Bertz CT molecular complexity index is 431. The molecule has 0 aliphatic heterocycles. The molecule has 0 radical (unpaired) electrons. The Labute approximate surface area is 117 Å². The largest absolute Gasteiger partial charge is 0.481 e. The first-order valence-electron chi connectivity index (χ1n) is 6.18. The summed E-state index contributed by atoms with van der Waals surface area (Å²) < 4.78 is 0. The first-order chi connectivity index (χ1) is 9.04. The number of hydrogen-bond acceptors (Lipinski definition) is 3. The maximum absolute atomic E-state index is 12.0. The summed E-state index contributed by atoms with van der Waals surface area (Å²) in [5.74, 6) is 0.973. The van der Waals surface area contributed by atoms with E-state index in [0.717, 1.165) is 11.5 Å². The van der Waals surface area contributed by atoms with E-state index in [-0.39, 0.29) is 18.9 Å². The van der Waals surface area contributed by atoms with Crippen LogP contribution in [0.4, 0.5) is 0 Å². The van der Waals surface area contributed by atoms with Gasteiger partial charge in [0.2, 0.25) is 0 Å². The molecule has 1 aromatic rings. The summed E-state index contributed by atoms with van der Waals surface area (Å²) in [4.78, 5) is 23.9. The van der Waals surface area contributed by atoms with Crippen molar-refractivity contribution in [2.24, 2.45) is 0 Å². The van der Waals surface area contributed by atoms with Crippen molar-refractivity contribution in [3.05, 3.63) is 35.4 Å². The molecule has 0 aliphatic rings. The molecule has 0 atom stereocenters. The topological polar surface area (TPSA) is 57.6 Å². The van der Waals surface area contributed by atoms with E-state index < -0.39 is 5.97 Å². The molecule has 5 heteroatoms.